The van der Waals surface area contributed by atoms with Crippen LogP contribution in [0.3, 0.4) is 0 Å². The molecule has 0 spiro atoms. The average molecular weight is 469 g/mol. The van der Waals surface area contributed by atoms with E-state index >= 15 is 0 Å². The van der Waals surface area contributed by atoms with E-state index < -0.39 is 17.3 Å². The third-order valence-electron chi connectivity index (χ3n) is 6.29. The van der Waals surface area contributed by atoms with Crippen molar-refractivity contribution in [3.8, 4) is 0 Å². The summed E-state index contributed by atoms with van der Waals surface area (Å²) in [6, 6.07) is 0.209. The SMILES string of the molecule is CN(C(=O)OC(C)(C)C)C1CCC(COC(=O)C2CCC(NC(=O)OC(C)(C)C)CC2)CC1. The molecule has 2 aliphatic carbocycles. The second-order valence-corrected chi connectivity index (χ2v) is 11.6. The molecule has 2 amide bonds. The van der Waals surface area contributed by atoms with Crippen LogP contribution in [0, 0.1) is 11.8 Å². The van der Waals surface area contributed by atoms with Gasteiger partial charge in [-0.05, 0) is 98.8 Å². The summed E-state index contributed by atoms with van der Waals surface area (Å²) in [6.07, 6.45) is 5.88. The van der Waals surface area contributed by atoms with E-state index in [0.717, 1.165) is 38.5 Å². The summed E-state index contributed by atoms with van der Waals surface area (Å²) in [5, 5.41) is 2.90. The maximum absolute atomic E-state index is 12.5. The van der Waals surface area contributed by atoms with Crippen LogP contribution < -0.4 is 5.32 Å². The molecule has 0 aromatic rings. The van der Waals surface area contributed by atoms with Crippen LogP contribution in [0.25, 0.3) is 0 Å². The maximum atomic E-state index is 12.5. The summed E-state index contributed by atoms with van der Waals surface area (Å²) in [6.45, 7) is 11.6. The number of hydrogen-bond donors (Lipinski definition) is 1. The lowest BCUT2D eigenvalue weighted by Gasteiger charge is -2.35. The van der Waals surface area contributed by atoms with Crippen molar-refractivity contribution in [1.82, 2.24) is 10.2 Å². The van der Waals surface area contributed by atoms with Gasteiger partial charge in [-0.2, -0.15) is 0 Å². The van der Waals surface area contributed by atoms with E-state index in [0.29, 0.717) is 25.4 Å². The van der Waals surface area contributed by atoms with Crippen LogP contribution in [-0.4, -0.2) is 60.0 Å². The first kappa shape index (κ1) is 27.3. The van der Waals surface area contributed by atoms with E-state index in [4.69, 9.17) is 14.2 Å². The van der Waals surface area contributed by atoms with Crippen molar-refractivity contribution < 1.29 is 28.6 Å². The zero-order valence-electron chi connectivity index (χ0n) is 21.6. The van der Waals surface area contributed by atoms with Crippen molar-refractivity contribution in [2.75, 3.05) is 13.7 Å². The highest BCUT2D eigenvalue weighted by atomic mass is 16.6. The first-order valence-corrected chi connectivity index (χ1v) is 12.4. The maximum Gasteiger partial charge on any atom is 0.410 e. The van der Waals surface area contributed by atoms with Crippen LogP contribution in [-0.2, 0) is 19.0 Å². The Morgan fingerprint density at radius 2 is 1.36 bits per heavy atom. The molecule has 0 bridgehead atoms. The molecular formula is C25H44N2O6. The van der Waals surface area contributed by atoms with Crippen molar-refractivity contribution >= 4 is 18.2 Å². The van der Waals surface area contributed by atoms with Gasteiger partial charge < -0.3 is 24.4 Å². The molecule has 1 N–H and O–H groups in total. The molecule has 0 atom stereocenters. The third kappa shape index (κ3) is 9.80. The van der Waals surface area contributed by atoms with Gasteiger partial charge >= 0.3 is 18.2 Å². The smallest absolute Gasteiger partial charge is 0.410 e. The fourth-order valence-electron chi connectivity index (χ4n) is 4.45. The number of carbonyl (C=O) groups excluding carboxylic acids is 3. The molecule has 8 heteroatoms. The lowest BCUT2D eigenvalue weighted by Crippen LogP contribution is -2.43. The lowest BCUT2D eigenvalue weighted by molar-refractivity contribution is -0.151. The van der Waals surface area contributed by atoms with Crippen LogP contribution in [0.5, 0.6) is 0 Å². The van der Waals surface area contributed by atoms with Gasteiger partial charge in [-0.3, -0.25) is 4.79 Å². The van der Waals surface area contributed by atoms with Crippen LogP contribution in [0.2, 0.25) is 0 Å². The normalized spacial score (nSPS) is 26.2. The molecule has 190 valence electrons. The number of hydrogen-bond acceptors (Lipinski definition) is 6. The molecule has 0 saturated heterocycles. The molecule has 0 aliphatic heterocycles. The average Bonchev–Trinajstić information content (AvgIpc) is 2.69. The number of amides is 2. The van der Waals surface area contributed by atoms with Gasteiger partial charge in [0.1, 0.15) is 11.2 Å². The van der Waals surface area contributed by atoms with Gasteiger partial charge in [0.2, 0.25) is 0 Å². The van der Waals surface area contributed by atoms with Crippen molar-refractivity contribution in [2.45, 2.75) is 116 Å². The Balaban J connectivity index is 1.65. The fourth-order valence-corrected chi connectivity index (χ4v) is 4.45. The van der Waals surface area contributed by atoms with Crippen LogP contribution in [0.4, 0.5) is 9.59 Å². The Hall–Kier alpha value is -1.99. The van der Waals surface area contributed by atoms with E-state index in [1.54, 1.807) is 11.9 Å². The van der Waals surface area contributed by atoms with Crippen LogP contribution in [0.15, 0.2) is 0 Å². The molecule has 2 rings (SSSR count). The van der Waals surface area contributed by atoms with E-state index in [2.05, 4.69) is 5.32 Å². The monoisotopic (exact) mass is 468 g/mol. The molecule has 33 heavy (non-hydrogen) atoms. The van der Waals surface area contributed by atoms with Crippen LogP contribution in [0.1, 0.15) is 92.9 Å². The Morgan fingerprint density at radius 1 is 0.818 bits per heavy atom. The zero-order valence-corrected chi connectivity index (χ0v) is 21.6. The Labute approximate surface area is 199 Å². The summed E-state index contributed by atoms with van der Waals surface area (Å²) in [4.78, 5) is 38.5. The molecule has 0 aromatic heterocycles. The first-order chi connectivity index (χ1) is 15.2. The Morgan fingerprint density at radius 3 is 1.88 bits per heavy atom. The summed E-state index contributed by atoms with van der Waals surface area (Å²) >= 11 is 0. The number of carbonyl (C=O) groups is 3. The minimum Gasteiger partial charge on any atom is -0.465 e. The van der Waals surface area contributed by atoms with E-state index in [1.807, 2.05) is 41.5 Å². The van der Waals surface area contributed by atoms with Gasteiger partial charge in [-0.25, -0.2) is 9.59 Å². The molecule has 2 aliphatic rings. The van der Waals surface area contributed by atoms with Crippen molar-refractivity contribution in [1.29, 1.82) is 0 Å². The number of nitrogens with zero attached hydrogens (tertiary/aromatic N) is 1. The van der Waals surface area contributed by atoms with Gasteiger partial charge in [0.15, 0.2) is 0 Å². The van der Waals surface area contributed by atoms with Gasteiger partial charge in [0.05, 0.1) is 12.5 Å². The van der Waals surface area contributed by atoms with Gasteiger partial charge in [-0.1, -0.05) is 0 Å². The highest BCUT2D eigenvalue weighted by molar-refractivity contribution is 5.72. The Bertz CT molecular complexity index is 665. The zero-order chi connectivity index (χ0) is 24.8. The minimum absolute atomic E-state index is 0.0427. The molecule has 2 fully saturated rings. The number of rotatable bonds is 5. The standard InChI is InChI=1S/C25H44N2O6/c1-24(2,3)32-22(29)26-19-12-10-18(11-13-19)21(28)31-16-17-8-14-20(15-9-17)27(7)23(30)33-25(4,5)6/h17-20H,8-16H2,1-7H3,(H,26,29). The number of esters is 1. The molecule has 0 heterocycles. The van der Waals surface area contributed by atoms with Gasteiger partial charge in [0, 0.05) is 19.1 Å². The predicted octanol–water partition coefficient (Wildman–Crippen LogP) is 5.04. The summed E-state index contributed by atoms with van der Waals surface area (Å²) in [7, 11) is 1.80. The highest BCUT2D eigenvalue weighted by Gasteiger charge is 2.32. The topological polar surface area (TPSA) is 94.2 Å². The second-order valence-electron chi connectivity index (χ2n) is 11.6. The van der Waals surface area contributed by atoms with Crippen molar-refractivity contribution in [2.24, 2.45) is 11.8 Å². The quantitative estimate of drug-likeness (QED) is 0.449. The lowest BCUT2D eigenvalue weighted by atomic mass is 9.85. The van der Waals surface area contributed by atoms with E-state index in [9.17, 15) is 14.4 Å². The summed E-state index contributed by atoms with van der Waals surface area (Å²) < 4.78 is 16.4. The predicted molar refractivity (Wildman–Crippen MR) is 126 cm³/mol. The van der Waals surface area contributed by atoms with Gasteiger partial charge in [-0.15, -0.1) is 0 Å². The number of nitrogens with one attached hydrogen (secondary N) is 1. The Kier molecular flexibility index (Phi) is 9.44. The fraction of sp³-hybridized carbons (Fsp3) is 0.880. The second kappa shape index (κ2) is 11.4. The van der Waals surface area contributed by atoms with Crippen molar-refractivity contribution in [3.63, 3.8) is 0 Å². The first-order valence-electron chi connectivity index (χ1n) is 12.4. The molecule has 0 unspecified atom stereocenters. The highest BCUT2D eigenvalue weighted by Crippen LogP contribution is 2.30. The summed E-state index contributed by atoms with van der Waals surface area (Å²) in [5.74, 6) is 0.109. The number of alkyl carbamates (subject to hydrolysis) is 1. The molecule has 2 saturated carbocycles. The van der Waals surface area contributed by atoms with Gasteiger partial charge in [0.25, 0.3) is 0 Å². The summed E-state index contributed by atoms with van der Waals surface area (Å²) in [5.41, 5.74) is -1.02. The van der Waals surface area contributed by atoms with E-state index in [-0.39, 0.29) is 30.1 Å². The third-order valence-corrected chi connectivity index (χ3v) is 6.29. The molecular weight excluding hydrogens is 424 g/mol. The number of ether oxygens (including phenoxy) is 3. The molecule has 0 aromatic carbocycles. The largest absolute Gasteiger partial charge is 0.465 e. The van der Waals surface area contributed by atoms with Crippen molar-refractivity contribution in [3.05, 3.63) is 0 Å². The minimum atomic E-state index is -0.518. The molecule has 0 radical (unpaired) electrons. The van der Waals surface area contributed by atoms with E-state index in [1.165, 1.54) is 0 Å². The molecule has 8 nitrogen and oxygen atoms in total. The van der Waals surface area contributed by atoms with Crippen LogP contribution >= 0.6 is 0 Å².